The summed E-state index contributed by atoms with van der Waals surface area (Å²) in [5, 5.41) is 6.05. The van der Waals surface area contributed by atoms with Crippen LogP contribution in [-0.2, 0) is 9.53 Å². The van der Waals surface area contributed by atoms with Crippen LogP contribution < -0.4 is 25.8 Å². The van der Waals surface area contributed by atoms with E-state index in [1.165, 1.54) is 12.1 Å². The summed E-state index contributed by atoms with van der Waals surface area (Å²) in [4.78, 5) is 16.3. The van der Waals surface area contributed by atoms with E-state index < -0.39 is 5.91 Å². The number of carbonyl (C=O) groups excluding carboxylic acids is 1. The van der Waals surface area contributed by atoms with Gasteiger partial charge in [0.1, 0.15) is 18.2 Å². The molecule has 0 spiro atoms. The number of carbonyl (C=O) groups is 1. The van der Waals surface area contributed by atoms with Crippen molar-refractivity contribution < 1.29 is 14.3 Å². The smallest absolute Gasteiger partial charge is 0.278 e. The number of nitrogens with two attached hydrogens (primary N) is 1. The average Bonchev–Trinajstić information content (AvgIpc) is 2.66. The van der Waals surface area contributed by atoms with Crippen molar-refractivity contribution in [3.8, 4) is 5.75 Å². The Morgan fingerprint density at radius 2 is 2.07 bits per heavy atom. The number of hydrogen-bond donors (Lipinski definition) is 4. The van der Waals surface area contributed by atoms with E-state index in [0.717, 1.165) is 19.6 Å². The van der Waals surface area contributed by atoms with Crippen LogP contribution in [0.5, 0.6) is 5.75 Å². The van der Waals surface area contributed by atoms with Crippen molar-refractivity contribution in [3.05, 3.63) is 35.8 Å². The number of hydrogen-bond acceptors (Lipinski definition) is 9. The molecule has 2 rings (SSSR count). The second-order valence-electron chi connectivity index (χ2n) is 5.63. The number of fused-ring (bicyclic) bond motifs is 1. The third kappa shape index (κ3) is 7.10. The first-order valence-electron chi connectivity index (χ1n) is 8.54. The van der Waals surface area contributed by atoms with Crippen LogP contribution in [0.1, 0.15) is 0 Å². The molecule has 0 unspecified atom stereocenters. The van der Waals surface area contributed by atoms with E-state index in [0.29, 0.717) is 31.3 Å². The molecule has 148 valence electrons. The second kappa shape index (κ2) is 11.4. The number of nitrogens with one attached hydrogen (secondary N) is 3. The van der Waals surface area contributed by atoms with Crippen LogP contribution in [0.2, 0.25) is 0 Å². The van der Waals surface area contributed by atoms with Crippen molar-refractivity contribution in [1.29, 1.82) is 0 Å². The summed E-state index contributed by atoms with van der Waals surface area (Å²) in [5.41, 5.74) is 6.50. The molecule has 0 aromatic heterocycles. The topological polar surface area (TPSA) is 113 Å². The zero-order valence-electron chi connectivity index (χ0n) is 15.4. The van der Waals surface area contributed by atoms with Crippen molar-refractivity contribution in [2.45, 2.75) is 0 Å². The Labute approximate surface area is 163 Å². The molecule has 9 nitrogen and oxygen atoms in total. The van der Waals surface area contributed by atoms with Crippen molar-refractivity contribution in [2.75, 3.05) is 51.8 Å². The fraction of sp³-hybridized carbons (Fsp3) is 0.412. The summed E-state index contributed by atoms with van der Waals surface area (Å²) in [5.74, 6) is 0.186. The minimum Gasteiger partial charge on any atom is -0.489 e. The SMILES string of the molecule is C=N/C1=C(/N)NSN(C)CCNCCOCCOc2ccccc2NC1=O. The maximum Gasteiger partial charge on any atom is 0.278 e. The Hall–Kier alpha value is -2.27. The van der Waals surface area contributed by atoms with Crippen molar-refractivity contribution in [2.24, 2.45) is 10.7 Å². The van der Waals surface area contributed by atoms with E-state index in [1.807, 2.05) is 17.4 Å². The van der Waals surface area contributed by atoms with E-state index in [-0.39, 0.29) is 11.5 Å². The molecule has 10 heteroatoms. The molecule has 0 fully saturated rings. The molecule has 27 heavy (non-hydrogen) atoms. The number of amides is 1. The summed E-state index contributed by atoms with van der Waals surface area (Å²) in [6, 6.07) is 7.14. The standard InChI is InChI=1S/C17H26N6O3S/c1-19-15-16(18)22-27-23(2)9-7-20-8-10-25-11-12-26-14-6-4-3-5-13(14)21-17(15)24/h3-6,20,22H,1,7-12,18H2,2H3,(H,21,24)/b16-15-. The molecule has 5 N–H and O–H groups in total. The van der Waals surface area contributed by atoms with E-state index in [1.54, 1.807) is 18.2 Å². The number of nitrogens with zero attached hydrogens (tertiary/aromatic N) is 2. The third-order valence-corrected chi connectivity index (χ3v) is 4.39. The van der Waals surface area contributed by atoms with Gasteiger partial charge in [-0.25, -0.2) is 4.31 Å². The lowest BCUT2D eigenvalue weighted by Crippen LogP contribution is -2.31. The Kier molecular flexibility index (Phi) is 8.92. The highest BCUT2D eigenvalue weighted by atomic mass is 32.2. The predicted molar refractivity (Wildman–Crippen MR) is 108 cm³/mol. The van der Waals surface area contributed by atoms with Gasteiger partial charge in [-0.2, -0.15) is 0 Å². The first-order chi connectivity index (χ1) is 13.1. The molecule has 1 aromatic rings. The first kappa shape index (κ1) is 21.0. The van der Waals surface area contributed by atoms with Gasteiger partial charge in [0.05, 0.1) is 18.9 Å². The predicted octanol–water partition coefficient (Wildman–Crippen LogP) is 0.537. The van der Waals surface area contributed by atoms with E-state index in [4.69, 9.17) is 15.2 Å². The van der Waals surface area contributed by atoms with Crippen LogP contribution in [0, 0.1) is 0 Å². The fourth-order valence-electron chi connectivity index (χ4n) is 2.20. The van der Waals surface area contributed by atoms with E-state index in [2.05, 4.69) is 27.1 Å². The zero-order chi connectivity index (χ0) is 19.5. The molecule has 1 aliphatic rings. The summed E-state index contributed by atoms with van der Waals surface area (Å²) in [7, 11) is 1.91. The van der Waals surface area contributed by atoms with Crippen LogP contribution in [-0.4, -0.2) is 63.4 Å². The van der Waals surface area contributed by atoms with Gasteiger partial charge in [-0.05, 0) is 25.9 Å². The molecule has 0 atom stereocenters. The van der Waals surface area contributed by atoms with Crippen LogP contribution in [0.15, 0.2) is 40.8 Å². The average molecular weight is 395 g/mol. The molecular weight excluding hydrogens is 368 g/mol. The van der Waals surface area contributed by atoms with E-state index in [9.17, 15) is 4.79 Å². The molecule has 0 saturated carbocycles. The summed E-state index contributed by atoms with van der Waals surface area (Å²) >= 11 is 1.27. The van der Waals surface area contributed by atoms with Crippen molar-refractivity contribution in [3.63, 3.8) is 0 Å². The Morgan fingerprint density at radius 1 is 1.26 bits per heavy atom. The second-order valence-corrected chi connectivity index (χ2v) is 6.64. The monoisotopic (exact) mass is 394 g/mol. The number of ether oxygens (including phenoxy) is 2. The molecule has 0 aliphatic carbocycles. The molecule has 0 saturated heterocycles. The van der Waals surface area contributed by atoms with Crippen molar-refractivity contribution >= 4 is 30.4 Å². The van der Waals surface area contributed by atoms with Gasteiger partial charge >= 0.3 is 0 Å². The summed E-state index contributed by atoms with van der Waals surface area (Å²) in [6.45, 7) is 7.18. The van der Waals surface area contributed by atoms with Gasteiger partial charge < -0.3 is 30.6 Å². The van der Waals surface area contributed by atoms with Gasteiger partial charge in [0, 0.05) is 31.8 Å². The lowest BCUT2D eigenvalue weighted by molar-refractivity contribution is -0.112. The van der Waals surface area contributed by atoms with Gasteiger partial charge in [-0.1, -0.05) is 12.1 Å². The maximum atomic E-state index is 12.6. The van der Waals surface area contributed by atoms with Gasteiger partial charge in [-0.15, -0.1) is 0 Å². The fourth-order valence-corrected chi connectivity index (χ4v) is 2.73. The maximum absolute atomic E-state index is 12.6. The highest BCUT2D eigenvalue weighted by Crippen LogP contribution is 2.24. The number of aliphatic imine (C=N–C) groups is 1. The van der Waals surface area contributed by atoms with Crippen LogP contribution in [0.4, 0.5) is 5.69 Å². The number of anilines is 1. The molecule has 0 radical (unpaired) electrons. The summed E-state index contributed by atoms with van der Waals surface area (Å²) < 4.78 is 16.1. The Bertz CT molecular complexity index is 670. The lowest BCUT2D eigenvalue weighted by atomic mass is 10.2. The van der Waals surface area contributed by atoms with Gasteiger partial charge in [0.15, 0.2) is 5.70 Å². The number of para-hydroxylation sites is 2. The van der Waals surface area contributed by atoms with E-state index >= 15 is 0 Å². The molecule has 1 amide bonds. The molecular formula is C17H26N6O3S. The normalized spacial score (nSPS) is 21.6. The minimum absolute atomic E-state index is 0.00766. The largest absolute Gasteiger partial charge is 0.489 e. The van der Waals surface area contributed by atoms with Crippen LogP contribution in [0.3, 0.4) is 0 Å². The quantitative estimate of drug-likeness (QED) is 0.403. The van der Waals surface area contributed by atoms with Gasteiger partial charge in [0.25, 0.3) is 5.91 Å². The molecule has 1 aromatic carbocycles. The Morgan fingerprint density at radius 3 is 2.89 bits per heavy atom. The Balaban J connectivity index is 2.16. The van der Waals surface area contributed by atoms with Crippen molar-refractivity contribution in [1.82, 2.24) is 14.3 Å². The zero-order valence-corrected chi connectivity index (χ0v) is 16.2. The molecule has 1 aliphatic heterocycles. The molecule has 1 heterocycles. The third-order valence-electron chi connectivity index (χ3n) is 3.59. The number of rotatable bonds is 1. The van der Waals surface area contributed by atoms with Gasteiger partial charge in [0.2, 0.25) is 0 Å². The lowest BCUT2D eigenvalue weighted by Gasteiger charge is -2.18. The number of benzene rings is 1. The van der Waals surface area contributed by atoms with Gasteiger partial charge in [-0.3, -0.25) is 9.79 Å². The minimum atomic E-state index is -0.478. The number of likely N-dealkylation sites (N-methyl/N-ethyl adjacent to an activating group) is 1. The van der Waals surface area contributed by atoms with Crippen LogP contribution in [0.25, 0.3) is 0 Å². The summed E-state index contributed by atoms with van der Waals surface area (Å²) in [6.07, 6.45) is 0. The van der Waals surface area contributed by atoms with Crippen LogP contribution >= 0.6 is 12.1 Å². The first-order valence-corrected chi connectivity index (χ1v) is 9.31. The highest BCUT2D eigenvalue weighted by Gasteiger charge is 2.15. The molecule has 0 bridgehead atoms. The highest BCUT2D eigenvalue weighted by molar-refractivity contribution is 7.95.